The van der Waals surface area contributed by atoms with E-state index in [1.165, 1.54) is 0 Å². The van der Waals surface area contributed by atoms with Gasteiger partial charge in [0.1, 0.15) is 17.2 Å². The van der Waals surface area contributed by atoms with Crippen molar-refractivity contribution >= 4 is 15.9 Å². The fourth-order valence-electron chi connectivity index (χ4n) is 1.53. The molecule has 0 atom stereocenters. The van der Waals surface area contributed by atoms with Crippen molar-refractivity contribution in [3.8, 4) is 0 Å². The van der Waals surface area contributed by atoms with E-state index in [2.05, 4.69) is 21.2 Å². The second kappa shape index (κ2) is 3.25. The second-order valence-electron chi connectivity index (χ2n) is 3.38. The monoisotopic (exact) mass is 263 g/mol. The average Bonchev–Trinajstić information content (AvgIpc) is 1.99. The minimum absolute atomic E-state index is 0.183. The van der Waals surface area contributed by atoms with Crippen LogP contribution >= 0.6 is 15.9 Å². The Morgan fingerprint density at radius 3 is 2.14 bits per heavy atom. The van der Waals surface area contributed by atoms with Gasteiger partial charge in [-0.15, -0.1) is 0 Å². The van der Waals surface area contributed by atoms with E-state index in [-0.39, 0.29) is 18.7 Å². The van der Waals surface area contributed by atoms with E-state index in [0.29, 0.717) is 4.47 Å². The summed E-state index contributed by atoms with van der Waals surface area (Å²) in [5.41, 5.74) is -1.64. The van der Waals surface area contributed by atoms with Crippen molar-refractivity contribution in [3.63, 3.8) is 0 Å². The molecular weight excluding hydrogens is 256 g/mol. The van der Waals surface area contributed by atoms with Crippen LogP contribution in [0.15, 0.2) is 16.6 Å². The molecule has 14 heavy (non-hydrogen) atoms. The Hall–Kier alpha value is -0.520. The van der Waals surface area contributed by atoms with Gasteiger partial charge in [-0.05, 0) is 12.1 Å². The zero-order chi connectivity index (χ0) is 10.3. The minimum Gasteiger partial charge on any atom is -0.382 e. The maximum atomic E-state index is 13.4. The van der Waals surface area contributed by atoms with Crippen LogP contribution in [0.1, 0.15) is 5.56 Å². The van der Waals surface area contributed by atoms with Crippen LogP contribution < -0.4 is 5.32 Å². The second-order valence-corrected chi connectivity index (χ2v) is 4.30. The number of nitrogens with one attached hydrogen (secondary N) is 1. The summed E-state index contributed by atoms with van der Waals surface area (Å²) in [5, 5.41) is 12.6. The lowest BCUT2D eigenvalue weighted by atomic mass is 9.87. The Morgan fingerprint density at radius 1 is 1.29 bits per heavy atom. The smallest absolute Gasteiger partial charge is 0.133 e. The van der Waals surface area contributed by atoms with Crippen LogP contribution in [0.3, 0.4) is 0 Å². The fraction of sp³-hybridized carbons (Fsp3) is 0.333. The highest BCUT2D eigenvalue weighted by Crippen LogP contribution is 2.31. The highest BCUT2D eigenvalue weighted by molar-refractivity contribution is 9.10. The molecule has 0 unspecified atom stereocenters. The number of β-amino-alcohol motifs (C(OH)–C–C–N with tert-alkyl or cyclic N) is 1. The Morgan fingerprint density at radius 2 is 1.79 bits per heavy atom. The van der Waals surface area contributed by atoms with Crippen LogP contribution in [-0.4, -0.2) is 18.2 Å². The van der Waals surface area contributed by atoms with Crippen LogP contribution in [0, 0.1) is 11.6 Å². The van der Waals surface area contributed by atoms with Crippen molar-refractivity contribution in [1.29, 1.82) is 0 Å². The van der Waals surface area contributed by atoms with Crippen LogP contribution in [0.2, 0.25) is 0 Å². The normalized spacial score (nSPS) is 19.1. The molecule has 2 rings (SSSR count). The van der Waals surface area contributed by atoms with Crippen molar-refractivity contribution in [2.24, 2.45) is 0 Å². The van der Waals surface area contributed by atoms with E-state index in [0.717, 1.165) is 12.1 Å². The molecule has 0 aromatic heterocycles. The first-order valence-electron chi connectivity index (χ1n) is 4.11. The third-order valence-corrected chi connectivity index (χ3v) is 2.76. The summed E-state index contributed by atoms with van der Waals surface area (Å²) < 4.78 is 27.1. The lowest BCUT2D eigenvalue weighted by molar-refractivity contribution is -0.0208. The van der Waals surface area contributed by atoms with Gasteiger partial charge in [-0.1, -0.05) is 15.9 Å². The van der Waals surface area contributed by atoms with Crippen LogP contribution in [-0.2, 0) is 5.60 Å². The first-order chi connectivity index (χ1) is 6.53. The standard InChI is InChI=1S/C9H8BrF2NO/c10-5-1-6(11)8(7(12)2-5)9(14)3-13-4-9/h1-2,13-14H,3-4H2. The molecule has 1 heterocycles. The van der Waals surface area contributed by atoms with Crippen molar-refractivity contribution < 1.29 is 13.9 Å². The zero-order valence-electron chi connectivity index (χ0n) is 7.15. The molecule has 0 amide bonds. The Bertz CT molecular complexity index is 356. The molecule has 2 N–H and O–H groups in total. The van der Waals surface area contributed by atoms with E-state index in [1.54, 1.807) is 0 Å². The first-order valence-corrected chi connectivity index (χ1v) is 4.90. The molecule has 0 saturated carbocycles. The highest BCUT2D eigenvalue weighted by atomic mass is 79.9. The maximum absolute atomic E-state index is 13.4. The predicted molar refractivity (Wildman–Crippen MR) is 50.8 cm³/mol. The molecule has 0 spiro atoms. The van der Waals surface area contributed by atoms with E-state index >= 15 is 0 Å². The van der Waals surface area contributed by atoms with E-state index in [4.69, 9.17) is 0 Å². The number of aliphatic hydroxyl groups is 1. The molecular formula is C9H8BrF2NO. The topological polar surface area (TPSA) is 32.3 Å². The molecule has 0 radical (unpaired) electrons. The quantitative estimate of drug-likeness (QED) is 0.806. The molecule has 5 heteroatoms. The molecule has 1 aromatic rings. The third-order valence-electron chi connectivity index (χ3n) is 2.31. The number of hydrogen-bond acceptors (Lipinski definition) is 2. The summed E-state index contributed by atoms with van der Waals surface area (Å²) >= 11 is 2.98. The van der Waals surface area contributed by atoms with E-state index < -0.39 is 17.2 Å². The van der Waals surface area contributed by atoms with Crippen molar-refractivity contribution in [3.05, 3.63) is 33.8 Å². The largest absolute Gasteiger partial charge is 0.382 e. The van der Waals surface area contributed by atoms with Gasteiger partial charge in [-0.25, -0.2) is 8.78 Å². The van der Waals surface area contributed by atoms with Gasteiger partial charge in [0.15, 0.2) is 0 Å². The molecule has 1 aliphatic rings. The Labute approximate surface area is 88.1 Å². The number of halogens is 3. The number of hydrogen-bond donors (Lipinski definition) is 2. The Kier molecular flexibility index (Phi) is 2.33. The summed E-state index contributed by atoms with van der Waals surface area (Å²) in [6.45, 7) is 0.366. The minimum atomic E-state index is -1.39. The molecule has 0 bridgehead atoms. The molecule has 76 valence electrons. The van der Waals surface area contributed by atoms with Crippen molar-refractivity contribution in [2.45, 2.75) is 5.60 Å². The lowest BCUT2D eigenvalue weighted by Crippen LogP contribution is -2.57. The molecule has 1 saturated heterocycles. The van der Waals surface area contributed by atoms with Gasteiger partial charge in [0.2, 0.25) is 0 Å². The summed E-state index contributed by atoms with van der Waals surface area (Å²) in [7, 11) is 0. The SMILES string of the molecule is OC1(c2c(F)cc(Br)cc2F)CNC1. The number of rotatable bonds is 1. The molecule has 0 aliphatic carbocycles. The zero-order valence-corrected chi connectivity index (χ0v) is 8.74. The summed E-state index contributed by atoms with van der Waals surface area (Å²) in [6, 6.07) is 2.30. The van der Waals surface area contributed by atoms with Crippen molar-refractivity contribution in [1.82, 2.24) is 5.32 Å². The number of benzene rings is 1. The third kappa shape index (κ3) is 1.45. The summed E-state index contributed by atoms with van der Waals surface area (Å²) in [5.74, 6) is -1.44. The van der Waals surface area contributed by atoms with Gasteiger partial charge < -0.3 is 10.4 Å². The van der Waals surface area contributed by atoms with Gasteiger partial charge in [-0.2, -0.15) is 0 Å². The van der Waals surface area contributed by atoms with Gasteiger partial charge in [0.25, 0.3) is 0 Å². The predicted octanol–water partition coefficient (Wildman–Crippen LogP) is 1.52. The molecule has 1 aliphatic heterocycles. The lowest BCUT2D eigenvalue weighted by Gasteiger charge is -2.38. The van der Waals surface area contributed by atoms with E-state index in [1.807, 2.05) is 0 Å². The first kappa shape index (κ1) is 10.0. The van der Waals surface area contributed by atoms with E-state index in [9.17, 15) is 13.9 Å². The van der Waals surface area contributed by atoms with Gasteiger partial charge in [0.05, 0.1) is 5.56 Å². The average molecular weight is 264 g/mol. The van der Waals surface area contributed by atoms with Gasteiger partial charge in [0, 0.05) is 17.6 Å². The molecule has 2 nitrogen and oxygen atoms in total. The van der Waals surface area contributed by atoms with Crippen LogP contribution in [0.4, 0.5) is 8.78 Å². The van der Waals surface area contributed by atoms with Crippen LogP contribution in [0.25, 0.3) is 0 Å². The maximum Gasteiger partial charge on any atom is 0.133 e. The summed E-state index contributed by atoms with van der Waals surface area (Å²) in [6.07, 6.45) is 0. The van der Waals surface area contributed by atoms with Crippen molar-refractivity contribution in [2.75, 3.05) is 13.1 Å². The van der Waals surface area contributed by atoms with Gasteiger partial charge in [-0.3, -0.25) is 0 Å². The molecule has 1 fully saturated rings. The molecule has 1 aromatic carbocycles. The van der Waals surface area contributed by atoms with Gasteiger partial charge >= 0.3 is 0 Å². The van der Waals surface area contributed by atoms with Crippen LogP contribution in [0.5, 0.6) is 0 Å². The summed E-state index contributed by atoms with van der Waals surface area (Å²) in [4.78, 5) is 0. The fourth-order valence-corrected chi connectivity index (χ4v) is 1.93. The Balaban J connectivity index is 2.52. The highest BCUT2D eigenvalue weighted by Gasteiger charge is 2.40.